The van der Waals surface area contributed by atoms with Gasteiger partial charge < -0.3 is 24.9 Å². The molecule has 7 heteroatoms. The molecule has 21 heavy (non-hydrogen) atoms. The zero-order valence-electron chi connectivity index (χ0n) is 12.3. The third-order valence-corrected chi connectivity index (χ3v) is 2.93. The predicted molar refractivity (Wildman–Crippen MR) is 75.8 cm³/mol. The van der Waals surface area contributed by atoms with Crippen LogP contribution in [0.15, 0.2) is 23.0 Å². The molecule has 0 fully saturated rings. The van der Waals surface area contributed by atoms with E-state index in [4.69, 9.17) is 9.15 Å². The van der Waals surface area contributed by atoms with Crippen molar-refractivity contribution in [3.63, 3.8) is 0 Å². The number of carbonyl (C=O) groups excluding carboxylic acids is 2. The summed E-state index contributed by atoms with van der Waals surface area (Å²) >= 11 is 0. The van der Waals surface area contributed by atoms with Crippen LogP contribution in [0.5, 0.6) is 0 Å². The first kappa shape index (κ1) is 17.2. The highest BCUT2D eigenvalue weighted by molar-refractivity contribution is 5.93. The van der Waals surface area contributed by atoms with Crippen LogP contribution in [0.4, 0.5) is 0 Å². The van der Waals surface area contributed by atoms with Crippen LogP contribution in [0.25, 0.3) is 0 Å². The van der Waals surface area contributed by atoms with Crippen LogP contribution >= 0.6 is 0 Å². The van der Waals surface area contributed by atoms with Crippen molar-refractivity contribution in [1.82, 2.24) is 10.6 Å². The molecule has 1 heterocycles. The lowest BCUT2D eigenvalue weighted by Crippen LogP contribution is -2.42. The lowest BCUT2D eigenvalue weighted by molar-refractivity contribution is -0.122. The molecule has 0 saturated carbocycles. The molecule has 0 bridgehead atoms. The van der Waals surface area contributed by atoms with Gasteiger partial charge in [0.15, 0.2) is 0 Å². The van der Waals surface area contributed by atoms with Gasteiger partial charge >= 0.3 is 0 Å². The Bertz CT molecular complexity index is 442. The first-order chi connectivity index (χ1) is 9.94. The molecule has 0 radical (unpaired) electrons. The highest BCUT2D eigenvalue weighted by Gasteiger charge is 2.20. The summed E-state index contributed by atoms with van der Waals surface area (Å²) in [6, 6.07) is 1.54. The Labute approximate surface area is 123 Å². The Balaban J connectivity index is 2.18. The number of rotatable bonds is 9. The molecular weight excluding hydrogens is 276 g/mol. The highest BCUT2D eigenvalue weighted by atomic mass is 16.5. The van der Waals surface area contributed by atoms with E-state index in [-0.39, 0.29) is 31.3 Å². The fourth-order valence-electron chi connectivity index (χ4n) is 1.57. The molecule has 1 aromatic heterocycles. The van der Waals surface area contributed by atoms with Crippen molar-refractivity contribution in [2.45, 2.75) is 25.4 Å². The standard InChI is InChI=1S/C14H22N2O5/c1-14(19,5-8-20-2)10-16-12(17)3-6-15-13(18)11-4-7-21-9-11/h4,7,9,19H,3,5-6,8,10H2,1-2H3,(H,15,18)(H,16,17). The average Bonchev–Trinajstić information content (AvgIpc) is 2.97. The third kappa shape index (κ3) is 6.92. The van der Waals surface area contributed by atoms with E-state index in [9.17, 15) is 14.7 Å². The van der Waals surface area contributed by atoms with Crippen LogP contribution < -0.4 is 10.6 Å². The summed E-state index contributed by atoms with van der Waals surface area (Å²) in [5.74, 6) is -0.524. The average molecular weight is 298 g/mol. The SMILES string of the molecule is COCCC(C)(O)CNC(=O)CCNC(=O)c1ccoc1. The molecule has 2 amide bonds. The highest BCUT2D eigenvalue weighted by Crippen LogP contribution is 2.07. The molecule has 0 aromatic carbocycles. The Hall–Kier alpha value is -1.86. The molecule has 3 N–H and O–H groups in total. The molecule has 1 unspecified atom stereocenters. The lowest BCUT2D eigenvalue weighted by atomic mass is 10.0. The second-order valence-electron chi connectivity index (χ2n) is 5.03. The van der Waals surface area contributed by atoms with Gasteiger partial charge in [0.2, 0.25) is 5.91 Å². The van der Waals surface area contributed by atoms with Gasteiger partial charge in [-0.1, -0.05) is 0 Å². The van der Waals surface area contributed by atoms with Crippen LogP contribution in [0.1, 0.15) is 30.1 Å². The molecule has 1 atom stereocenters. The van der Waals surface area contributed by atoms with Crippen LogP contribution in [0, 0.1) is 0 Å². The van der Waals surface area contributed by atoms with Gasteiger partial charge in [-0.05, 0) is 13.0 Å². The molecule has 0 aliphatic carbocycles. The molecule has 0 spiro atoms. The minimum atomic E-state index is -1.01. The van der Waals surface area contributed by atoms with Crippen molar-refractivity contribution in [2.24, 2.45) is 0 Å². The topological polar surface area (TPSA) is 101 Å². The van der Waals surface area contributed by atoms with E-state index in [0.717, 1.165) is 0 Å². The molecular formula is C14H22N2O5. The van der Waals surface area contributed by atoms with Crippen molar-refractivity contribution in [1.29, 1.82) is 0 Å². The Morgan fingerprint density at radius 1 is 1.43 bits per heavy atom. The second kappa shape index (κ2) is 8.43. The minimum absolute atomic E-state index is 0.143. The summed E-state index contributed by atoms with van der Waals surface area (Å²) < 4.78 is 9.68. The van der Waals surface area contributed by atoms with E-state index in [1.165, 1.54) is 12.5 Å². The first-order valence-corrected chi connectivity index (χ1v) is 6.73. The van der Waals surface area contributed by atoms with Crippen molar-refractivity contribution < 1.29 is 23.8 Å². The quantitative estimate of drug-likeness (QED) is 0.609. The number of nitrogens with one attached hydrogen (secondary N) is 2. The maximum atomic E-state index is 11.6. The predicted octanol–water partition coefficient (Wildman–Crippen LogP) is 0.303. The van der Waals surface area contributed by atoms with Gasteiger partial charge in [0.05, 0.1) is 17.4 Å². The fourth-order valence-corrected chi connectivity index (χ4v) is 1.57. The number of hydrogen-bond donors (Lipinski definition) is 3. The van der Waals surface area contributed by atoms with Crippen LogP contribution in [-0.4, -0.2) is 49.3 Å². The van der Waals surface area contributed by atoms with E-state index in [2.05, 4.69) is 10.6 Å². The monoisotopic (exact) mass is 298 g/mol. The number of carbonyl (C=O) groups is 2. The van der Waals surface area contributed by atoms with Crippen LogP contribution in [0.2, 0.25) is 0 Å². The van der Waals surface area contributed by atoms with Gasteiger partial charge in [0, 0.05) is 39.6 Å². The first-order valence-electron chi connectivity index (χ1n) is 6.73. The Morgan fingerprint density at radius 2 is 2.19 bits per heavy atom. The van der Waals surface area contributed by atoms with Gasteiger partial charge in [-0.15, -0.1) is 0 Å². The van der Waals surface area contributed by atoms with Crippen molar-refractivity contribution >= 4 is 11.8 Å². The number of methoxy groups -OCH3 is 1. The molecule has 7 nitrogen and oxygen atoms in total. The number of amides is 2. The Kier molecular flexibility index (Phi) is 6.90. The van der Waals surface area contributed by atoms with Gasteiger partial charge in [0.25, 0.3) is 5.91 Å². The van der Waals surface area contributed by atoms with Crippen molar-refractivity contribution in [3.8, 4) is 0 Å². The number of aliphatic hydroxyl groups is 1. The minimum Gasteiger partial charge on any atom is -0.472 e. The molecule has 118 valence electrons. The number of hydrogen-bond acceptors (Lipinski definition) is 5. The zero-order valence-corrected chi connectivity index (χ0v) is 12.3. The van der Waals surface area contributed by atoms with Crippen LogP contribution in [-0.2, 0) is 9.53 Å². The van der Waals surface area contributed by atoms with E-state index in [0.29, 0.717) is 18.6 Å². The third-order valence-electron chi connectivity index (χ3n) is 2.93. The van der Waals surface area contributed by atoms with Gasteiger partial charge in [-0.25, -0.2) is 0 Å². The molecule has 0 aliphatic heterocycles. The zero-order chi connectivity index (χ0) is 15.7. The van der Waals surface area contributed by atoms with Gasteiger partial charge in [-0.3, -0.25) is 9.59 Å². The van der Waals surface area contributed by atoms with Crippen molar-refractivity contribution in [2.75, 3.05) is 26.8 Å². The summed E-state index contributed by atoms with van der Waals surface area (Å²) in [7, 11) is 1.55. The van der Waals surface area contributed by atoms with E-state index < -0.39 is 5.60 Å². The fraction of sp³-hybridized carbons (Fsp3) is 0.571. The maximum Gasteiger partial charge on any atom is 0.254 e. The Morgan fingerprint density at radius 3 is 2.81 bits per heavy atom. The molecule has 0 saturated heterocycles. The maximum absolute atomic E-state index is 11.6. The second-order valence-corrected chi connectivity index (χ2v) is 5.03. The summed E-state index contributed by atoms with van der Waals surface area (Å²) in [4.78, 5) is 23.2. The van der Waals surface area contributed by atoms with Gasteiger partial charge in [0.1, 0.15) is 6.26 Å². The normalized spacial score (nSPS) is 13.5. The van der Waals surface area contributed by atoms with Crippen molar-refractivity contribution in [3.05, 3.63) is 24.2 Å². The van der Waals surface area contributed by atoms with E-state index >= 15 is 0 Å². The number of furan rings is 1. The van der Waals surface area contributed by atoms with E-state index in [1.807, 2.05) is 0 Å². The largest absolute Gasteiger partial charge is 0.472 e. The molecule has 1 aromatic rings. The summed E-state index contributed by atoms with van der Waals surface area (Å²) in [5.41, 5.74) is -0.593. The summed E-state index contributed by atoms with van der Waals surface area (Å²) in [6.45, 7) is 2.41. The van der Waals surface area contributed by atoms with E-state index in [1.54, 1.807) is 20.1 Å². The summed E-state index contributed by atoms with van der Waals surface area (Å²) in [5, 5.41) is 15.2. The lowest BCUT2D eigenvalue weighted by Gasteiger charge is -2.23. The van der Waals surface area contributed by atoms with Crippen LogP contribution in [0.3, 0.4) is 0 Å². The van der Waals surface area contributed by atoms with Gasteiger partial charge in [-0.2, -0.15) is 0 Å². The number of ether oxygens (including phenoxy) is 1. The molecule has 0 aliphatic rings. The smallest absolute Gasteiger partial charge is 0.254 e. The molecule has 1 rings (SSSR count). The summed E-state index contributed by atoms with van der Waals surface area (Å²) in [6.07, 6.45) is 3.32.